The van der Waals surface area contributed by atoms with E-state index in [1.54, 1.807) is 24.4 Å². The fraction of sp³-hybridized carbons (Fsp3) is 0.571. The predicted molar refractivity (Wildman–Crippen MR) is 88.8 cm³/mol. The Bertz CT molecular complexity index is 698. The van der Waals surface area contributed by atoms with Gasteiger partial charge < -0.3 is 24.6 Å². The Morgan fingerprint density at radius 2 is 2.04 bits per heavy atom. The molecule has 1 atom stereocenters. The number of aliphatic hydroxyl groups excluding tert-OH is 1. The first-order chi connectivity index (χ1) is 11.5. The van der Waals surface area contributed by atoms with E-state index in [0.29, 0.717) is 17.8 Å². The fourth-order valence-electron chi connectivity index (χ4n) is 2.27. The standard InChI is InChI=1S/C14H23N4O5P/c1-3-22-24(20,23-4-2)10-21-12(8-19)7-11-5-6-13-14(15)16-9-17-18(11)13/h5-6,9,12,19H,3-4,7-8,10H2,1-2H3,(H2,15,16,17)/t12-/m0/s1. The molecule has 0 aliphatic heterocycles. The van der Waals surface area contributed by atoms with Gasteiger partial charge in [0.05, 0.1) is 25.9 Å². The van der Waals surface area contributed by atoms with Crippen molar-refractivity contribution in [2.45, 2.75) is 26.4 Å². The zero-order chi connectivity index (χ0) is 17.6. The van der Waals surface area contributed by atoms with Crippen molar-refractivity contribution >= 4 is 18.9 Å². The van der Waals surface area contributed by atoms with Crippen LogP contribution in [0.25, 0.3) is 5.52 Å². The van der Waals surface area contributed by atoms with Crippen molar-refractivity contribution in [2.24, 2.45) is 0 Å². The third-order valence-electron chi connectivity index (χ3n) is 3.32. The molecule has 24 heavy (non-hydrogen) atoms. The second kappa shape index (κ2) is 8.55. The first-order valence-corrected chi connectivity index (χ1v) is 9.43. The molecule has 2 heterocycles. The van der Waals surface area contributed by atoms with Crippen LogP contribution in [0, 0.1) is 0 Å². The minimum Gasteiger partial charge on any atom is -0.394 e. The number of aromatic nitrogens is 3. The highest BCUT2D eigenvalue weighted by Crippen LogP contribution is 2.48. The summed E-state index contributed by atoms with van der Waals surface area (Å²) < 4.78 is 29.9. The van der Waals surface area contributed by atoms with Gasteiger partial charge in [-0.05, 0) is 26.0 Å². The summed E-state index contributed by atoms with van der Waals surface area (Å²) in [5.74, 6) is 0.370. The zero-order valence-corrected chi connectivity index (χ0v) is 14.7. The smallest absolute Gasteiger partial charge is 0.356 e. The van der Waals surface area contributed by atoms with Crippen LogP contribution in [0.15, 0.2) is 18.5 Å². The lowest BCUT2D eigenvalue weighted by Gasteiger charge is -2.20. The Hall–Kier alpha value is -1.51. The van der Waals surface area contributed by atoms with Gasteiger partial charge in [0.1, 0.15) is 18.2 Å². The molecule has 2 aromatic heterocycles. The number of rotatable bonds is 10. The maximum Gasteiger partial charge on any atom is 0.356 e. The number of nitrogen functional groups attached to an aromatic ring is 1. The Morgan fingerprint density at radius 1 is 1.33 bits per heavy atom. The maximum atomic E-state index is 12.4. The van der Waals surface area contributed by atoms with Gasteiger partial charge >= 0.3 is 7.60 Å². The van der Waals surface area contributed by atoms with Crippen LogP contribution < -0.4 is 5.73 Å². The van der Waals surface area contributed by atoms with Gasteiger partial charge in [0.15, 0.2) is 5.82 Å². The molecule has 0 aromatic carbocycles. The summed E-state index contributed by atoms with van der Waals surface area (Å²) in [5, 5.41) is 13.7. The second-order valence-electron chi connectivity index (χ2n) is 5.02. The van der Waals surface area contributed by atoms with Crippen molar-refractivity contribution in [1.29, 1.82) is 0 Å². The SMILES string of the molecule is CCOP(=O)(CO[C@H](CO)Cc1ccc2c(N)ncnn12)OCC. The van der Waals surface area contributed by atoms with E-state index in [4.69, 9.17) is 19.5 Å². The Morgan fingerprint density at radius 3 is 2.67 bits per heavy atom. The maximum absolute atomic E-state index is 12.4. The molecule has 10 heteroatoms. The molecule has 3 N–H and O–H groups in total. The molecule has 0 spiro atoms. The van der Waals surface area contributed by atoms with Gasteiger partial charge in [-0.1, -0.05) is 0 Å². The summed E-state index contributed by atoms with van der Waals surface area (Å²) >= 11 is 0. The minimum atomic E-state index is -3.32. The van der Waals surface area contributed by atoms with E-state index in [1.165, 1.54) is 6.33 Å². The quantitative estimate of drug-likeness (QED) is 0.612. The number of hydrogen-bond donors (Lipinski definition) is 2. The molecule has 0 unspecified atom stereocenters. The number of ether oxygens (including phenoxy) is 1. The van der Waals surface area contributed by atoms with Gasteiger partial charge in [0, 0.05) is 12.1 Å². The van der Waals surface area contributed by atoms with Crippen LogP contribution in [-0.4, -0.2) is 52.0 Å². The lowest BCUT2D eigenvalue weighted by molar-refractivity contribution is 0.0253. The number of hydrogen-bond acceptors (Lipinski definition) is 8. The van der Waals surface area contributed by atoms with E-state index in [9.17, 15) is 9.67 Å². The van der Waals surface area contributed by atoms with Crippen molar-refractivity contribution in [3.05, 3.63) is 24.2 Å². The van der Waals surface area contributed by atoms with E-state index in [-0.39, 0.29) is 26.2 Å². The molecule has 9 nitrogen and oxygen atoms in total. The normalized spacial score (nSPS) is 13.5. The van der Waals surface area contributed by atoms with Gasteiger partial charge in [-0.2, -0.15) is 5.10 Å². The summed E-state index contributed by atoms with van der Waals surface area (Å²) in [5.41, 5.74) is 7.26. The number of nitrogens with two attached hydrogens (primary N) is 1. The molecular formula is C14H23N4O5P. The number of aliphatic hydroxyl groups is 1. The predicted octanol–water partition coefficient (Wildman–Crippen LogP) is 1.46. The molecule has 0 amide bonds. The first-order valence-electron chi connectivity index (χ1n) is 7.70. The molecule has 0 fully saturated rings. The average molecular weight is 358 g/mol. The number of nitrogens with zero attached hydrogens (tertiary/aromatic N) is 3. The topological polar surface area (TPSA) is 121 Å². The molecule has 0 radical (unpaired) electrons. The van der Waals surface area contributed by atoms with E-state index in [0.717, 1.165) is 5.69 Å². The number of anilines is 1. The van der Waals surface area contributed by atoms with Crippen LogP contribution in [0.5, 0.6) is 0 Å². The highest BCUT2D eigenvalue weighted by Gasteiger charge is 2.26. The number of fused-ring (bicyclic) bond motifs is 1. The van der Waals surface area contributed by atoms with Crippen molar-refractivity contribution in [3.63, 3.8) is 0 Å². The molecule has 0 saturated heterocycles. The third-order valence-corrected chi connectivity index (χ3v) is 5.09. The van der Waals surface area contributed by atoms with Crippen LogP contribution in [0.4, 0.5) is 5.82 Å². The molecular weight excluding hydrogens is 335 g/mol. The van der Waals surface area contributed by atoms with Crippen LogP contribution in [-0.2, 0) is 24.8 Å². The van der Waals surface area contributed by atoms with E-state index < -0.39 is 13.7 Å². The average Bonchev–Trinajstić information content (AvgIpc) is 2.96. The van der Waals surface area contributed by atoms with E-state index in [1.807, 2.05) is 6.07 Å². The second-order valence-corrected chi connectivity index (χ2v) is 7.01. The van der Waals surface area contributed by atoms with Crippen molar-refractivity contribution in [2.75, 3.05) is 31.9 Å². The Balaban J connectivity index is 2.06. The van der Waals surface area contributed by atoms with Gasteiger partial charge in [-0.3, -0.25) is 4.57 Å². The lowest BCUT2D eigenvalue weighted by Crippen LogP contribution is -2.23. The third kappa shape index (κ3) is 4.52. The van der Waals surface area contributed by atoms with Gasteiger partial charge in [-0.25, -0.2) is 9.50 Å². The molecule has 0 bridgehead atoms. The Labute approximate surface area is 140 Å². The van der Waals surface area contributed by atoms with Crippen LogP contribution in [0.2, 0.25) is 0 Å². The van der Waals surface area contributed by atoms with E-state index >= 15 is 0 Å². The molecule has 0 aliphatic carbocycles. The van der Waals surface area contributed by atoms with Gasteiger partial charge in [0.25, 0.3) is 0 Å². The Kier molecular flexibility index (Phi) is 6.70. The van der Waals surface area contributed by atoms with E-state index in [2.05, 4.69) is 10.1 Å². The summed E-state index contributed by atoms with van der Waals surface area (Å²) in [7, 11) is -3.32. The van der Waals surface area contributed by atoms with Gasteiger partial charge in [0.2, 0.25) is 0 Å². The molecule has 134 valence electrons. The molecule has 0 aliphatic rings. The van der Waals surface area contributed by atoms with Crippen molar-refractivity contribution in [1.82, 2.24) is 14.6 Å². The highest BCUT2D eigenvalue weighted by atomic mass is 31.2. The van der Waals surface area contributed by atoms with Crippen LogP contribution >= 0.6 is 7.60 Å². The van der Waals surface area contributed by atoms with Crippen molar-refractivity contribution in [3.8, 4) is 0 Å². The summed E-state index contributed by atoms with van der Waals surface area (Å²) in [6, 6.07) is 3.63. The first kappa shape index (κ1) is 18.8. The summed E-state index contributed by atoms with van der Waals surface area (Å²) in [6.07, 6.45) is 0.923. The molecule has 2 aromatic rings. The lowest BCUT2D eigenvalue weighted by atomic mass is 10.2. The van der Waals surface area contributed by atoms with Crippen molar-refractivity contribution < 1.29 is 23.5 Å². The highest BCUT2D eigenvalue weighted by molar-refractivity contribution is 7.53. The van der Waals surface area contributed by atoms with Crippen LogP contribution in [0.3, 0.4) is 0 Å². The van der Waals surface area contributed by atoms with Gasteiger partial charge in [-0.15, -0.1) is 0 Å². The molecule has 0 saturated carbocycles. The summed E-state index contributed by atoms with van der Waals surface area (Å²) in [6.45, 7) is 3.72. The minimum absolute atomic E-state index is 0.222. The summed E-state index contributed by atoms with van der Waals surface area (Å²) in [4.78, 5) is 3.92. The fourth-order valence-corrected chi connectivity index (χ4v) is 3.68. The molecule has 2 rings (SSSR count). The van der Waals surface area contributed by atoms with Crippen LogP contribution in [0.1, 0.15) is 19.5 Å². The zero-order valence-electron chi connectivity index (χ0n) is 13.8. The monoisotopic (exact) mass is 358 g/mol. The largest absolute Gasteiger partial charge is 0.394 e.